The van der Waals surface area contributed by atoms with Crippen LogP contribution in [0, 0.1) is 11.8 Å². The van der Waals surface area contributed by atoms with Gasteiger partial charge in [0.1, 0.15) is 22.1 Å². The van der Waals surface area contributed by atoms with Crippen LogP contribution >= 0.6 is 11.6 Å². The van der Waals surface area contributed by atoms with Crippen molar-refractivity contribution in [2.45, 2.75) is 58.6 Å². The van der Waals surface area contributed by atoms with Gasteiger partial charge in [-0.3, -0.25) is 20.4 Å². The molecule has 1 saturated carbocycles. The lowest BCUT2D eigenvalue weighted by Crippen LogP contribution is -2.61. The molecular formula is C27H36ClN5O4. The number of nitrogens with zero attached hydrogens (tertiary/aromatic N) is 2. The summed E-state index contributed by atoms with van der Waals surface area (Å²) in [5.74, 6) is 0.673. The standard InChI is InChI=1S/C27H36ClN5O4/c1-17-12-20(17)16-33(6)22-14-19(13-21(28)29-22)23(34)31-32-24(35)27(5,15-18-10-8-7-9-11-18)30-25(36)37-26(2,3)4/h7-11,13-14,17,20H,12,15-16H2,1-6H3,(H,30,36)(H,31,34)(H,32,35)/t17?,20?,27-/m1/s1. The van der Waals surface area contributed by atoms with Crippen LogP contribution in [0.2, 0.25) is 5.15 Å². The quantitative estimate of drug-likeness (QED) is 0.350. The maximum atomic E-state index is 13.3. The van der Waals surface area contributed by atoms with Crippen molar-refractivity contribution in [2.75, 3.05) is 18.5 Å². The highest BCUT2D eigenvalue weighted by atomic mass is 35.5. The molecule has 1 fully saturated rings. The largest absolute Gasteiger partial charge is 0.444 e. The van der Waals surface area contributed by atoms with Gasteiger partial charge in [0.05, 0.1) is 0 Å². The van der Waals surface area contributed by atoms with E-state index in [0.717, 1.165) is 12.1 Å². The average Bonchev–Trinajstić information content (AvgIpc) is 3.49. The molecule has 1 aromatic heterocycles. The van der Waals surface area contributed by atoms with E-state index in [1.807, 2.05) is 42.3 Å². The lowest BCUT2D eigenvalue weighted by molar-refractivity contribution is -0.127. The molecule has 3 rings (SSSR count). The average molecular weight is 530 g/mol. The predicted octanol–water partition coefficient (Wildman–Crippen LogP) is 4.11. The monoisotopic (exact) mass is 529 g/mol. The van der Waals surface area contributed by atoms with Gasteiger partial charge in [0.15, 0.2) is 0 Å². The van der Waals surface area contributed by atoms with Crippen LogP contribution in [-0.4, -0.2) is 47.6 Å². The summed E-state index contributed by atoms with van der Waals surface area (Å²) >= 11 is 6.19. The lowest BCUT2D eigenvalue weighted by atomic mass is 9.92. The highest BCUT2D eigenvalue weighted by molar-refractivity contribution is 6.30. The highest BCUT2D eigenvalue weighted by Gasteiger charge is 2.37. The van der Waals surface area contributed by atoms with Gasteiger partial charge in [-0.05, 0) is 63.6 Å². The molecule has 200 valence electrons. The van der Waals surface area contributed by atoms with E-state index in [-0.39, 0.29) is 17.1 Å². The third kappa shape index (κ3) is 8.35. The molecule has 37 heavy (non-hydrogen) atoms. The second-order valence-electron chi connectivity index (χ2n) is 10.9. The molecule has 3 amide bonds. The van der Waals surface area contributed by atoms with Crippen molar-refractivity contribution in [1.29, 1.82) is 0 Å². The number of aromatic nitrogens is 1. The first-order chi connectivity index (χ1) is 17.3. The number of alkyl carbamates (subject to hydrolysis) is 1. The Kier molecular flexibility index (Phi) is 8.68. The fourth-order valence-electron chi connectivity index (χ4n) is 3.95. The molecule has 0 bridgehead atoms. The van der Waals surface area contributed by atoms with E-state index in [1.165, 1.54) is 12.5 Å². The van der Waals surface area contributed by atoms with Gasteiger partial charge in [0, 0.05) is 25.6 Å². The zero-order chi connectivity index (χ0) is 27.4. The molecule has 1 aromatic carbocycles. The lowest BCUT2D eigenvalue weighted by Gasteiger charge is -2.31. The smallest absolute Gasteiger partial charge is 0.408 e. The van der Waals surface area contributed by atoms with Crippen molar-refractivity contribution in [2.24, 2.45) is 11.8 Å². The van der Waals surface area contributed by atoms with Crippen LogP contribution in [0.1, 0.15) is 57.0 Å². The Morgan fingerprint density at radius 3 is 2.35 bits per heavy atom. The summed E-state index contributed by atoms with van der Waals surface area (Å²) < 4.78 is 5.36. The van der Waals surface area contributed by atoms with Crippen LogP contribution < -0.4 is 21.1 Å². The maximum absolute atomic E-state index is 13.3. The summed E-state index contributed by atoms with van der Waals surface area (Å²) in [7, 11) is 1.91. The van der Waals surface area contributed by atoms with Gasteiger partial charge in [-0.25, -0.2) is 9.78 Å². The zero-order valence-corrected chi connectivity index (χ0v) is 23.0. The normalized spacial score (nSPS) is 18.2. The summed E-state index contributed by atoms with van der Waals surface area (Å²) in [6, 6.07) is 12.3. The van der Waals surface area contributed by atoms with Crippen molar-refractivity contribution in [1.82, 2.24) is 21.2 Å². The van der Waals surface area contributed by atoms with Gasteiger partial charge in [-0.2, -0.15) is 0 Å². The highest BCUT2D eigenvalue weighted by Crippen LogP contribution is 2.38. The minimum absolute atomic E-state index is 0.171. The minimum Gasteiger partial charge on any atom is -0.444 e. The Labute approximate surface area is 223 Å². The van der Waals surface area contributed by atoms with Gasteiger partial charge >= 0.3 is 6.09 Å². The van der Waals surface area contributed by atoms with Gasteiger partial charge in [-0.15, -0.1) is 0 Å². The van der Waals surface area contributed by atoms with Crippen LogP contribution in [0.25, 0.3) is 0 Å². The van der Waals surface area contributed by atoms with E-state index in [2.05, 4.69) is 28.1 Å². The third-order valence-corrected chi connectivity index (χ3v) is 6.38. The van der Waals surface area contributed by atoms with Crippen LogP contribution in [0.5, 0.6) is 0 Å². The Morgan fingerprint density at radius 1 is 1.11 bits per heavy atom. The number of benzene rings is 1. The maximum Gasteiger partial charge on any atom is 0.408 e. The summed E-state index contributed by atoms with van der Waals surface area (Å²) in [5, 5.41) is 2.83. The number of carbonyl (C=O) groups is 3. The number of pyridine rings is 1. The molecule has 2 aromatic rings. The molecule has 0 aliphatic heterocycles. The van der Waals surface area contributed by atoms with Gasteiger partial charge in [0.2, 0.25) is 0 Å². The molecule has 0 spiro atoms. The van der Waals surface area contributed by atoms with Crippen LogP contribution in [0.3, 0.4) is 0 Å². The number of amides is 3. The van der Waals surface area contributed by atoms with E-state index >= 15 is 0 Å². The van der Waals surface area contributed by atoms with E-state index < -0.39 is 29.0 Å². The molecule has 1 aliphatic rings. The third-order valence-electron chi connectivity index (χ3n) is 6.19. The van der Waals surface area contributed by atoms with Crippen molar-refractivity contribution >= 4 is 35.3 Å². The fraction of sp³-hybridized carbons (Fsp3) is 0.481. The first kappa shape index (κ1) is 28.2. The van der Waals surface area contributed by atoms with Crippen molar-refractivity contribution in [3.63, 3.8) is 0 Å². The van der Waals surface area contributed by atoms with E-state index in [0.29, 0.717) is 17.7 Å². The number of hydrazine groups is 1. The molecule has 10 heteroatoms. The summed E-state index contributed by atoms with van der Waals surface area (Å²) in [6.45, 7) is 9.80. The summed E-state index contributed by atoms with van der Waals surface area (Å²) in [5.41, 5.74) is 3.77. The first-order valence-electron chi connectivity index (χ1n) is 12.3. The molecule has 3 N–H and O–H groups in total. The molecular weight excluding hydrogens is 494 g/mol. The number of halogens is 1. The Bertz CT molecular complexity index is 1140. The van der Waals surface area contributed by atoms with Crippen LogP contribution in [-0.2, 0) is 16.0 Å². The predicted molar refractivity (Wildman–Crippen MR) is 143 cm³/mol. The first-order valence-corrected chi connectivity index (χ1v) is 12.7. The minimum atomic E-state index is -1.42. The topological polar surface area (TPSA) is 113 Å². The number of hydrogen-bond acceptors (Lipinski definition) is 6. The van der Waals surface area contributed by atoms with Crippen LogP contribution in [0.4, 0.5) is 10.6 Å². The Balaban J connectivity index is 1.71. The van der Waals surface area contributed by atoms with Crippen molar-refractivity contribution in [3.8, 4) is 0 Å². The second-order valence-corrected chi connectivity index (χ2v) is 11.3. The van der Waals surface area contributed by atoms with Crippen LogP contribution in [0.15, 0.2) is 42.5 Å². The fourth-order valence-corrected chi connectivity index (χ4v) is 4.15. The molecule has 1 heterocycles. The van der Waals surface area contributed by atoms with Gasteiger partial charge in [0.25, 0.3) is 11.8 Å². The Hall–Kier alpha value is -3.33. The number of rotatable bonds is 8. The Morgan fingerprint density at radius 2 is 1.76 bits per heavy atom. The van der Waals surface area contributed by atoms with Crippen molar-refractivity contribution in [3.05, 3.63) is 58.7 Å². The second kappa shape index (κ2) is 11.4. The summed E-state index contributed by atoms with van der Waals surface area (Å²) in [4.78, 5) is 45.0. The molecule has 2 unspecified atom stereocenters. The number of hydrogen-bond donors (Lipinski definition) is 3. The van der Waals surface area contributed by atoms with E-state index in [1.54, 1.807) is 33.8 Å². The molecule has 9 nitrogen and oxygen atoms in total. The number of ether oxygens (including phenoxy) is 1. The van der Waals surface area contributed by atoms with Crippen molar-refractivity contribution < 1.29 is 19.1 Å². The van der Waals surface area contributed by atoms with E-state index in [9.17, 15) is 14.4 Å². The molecule has 1 aliphatic carbocycles. The molecule has 0 saturated heterocycles. The van der Waals surface area contributed by atoms with Gasteiger partial charge < -0.3 is 15.0 Å². The SMILES string of the molecule is CC1CC1CN(C)c1cc(C(=O)NNC(=O)[C@@](C)(Cc2ccccc2)NC(=O)OC(C)(C)C)cc(Cl)n1. The number of nitrogens with one attached hydrogen (secondary N) is 3. The molecule has 0 radical (unpaired) electrons. The number of carbonyl (C=O) groups excluding carboxylic acids is 3. The van der Waals surface area contributed by atoms with E-state index in [4.69, 9.17) is 16.3 Å². The molecule has 3 atom stereocenters. The zero-order valence-electron chi connectivity index (χ0n) is 22.2. The number of anilines is 1. The summed E-state index contributed by atoms with van der Waals surface area (Å²) in [6.07, 6.45) is 0.597. The van der Waals surface area contributed by atoms with Gasteiger partial charge in [-0.1, -0.05) is 48.9 Å².